The maximum atomic E-state index is 5.21. The van der Waals surface area contributed by atoms with Gasteiger partial charge in [-0.3, -0.25) is 0 Å². The Hall–Kier alpha value is -1.71. The molecule has 0 radical (unpaired) electrons. The highest BCUT2D eigenvalue weighted by molar-refractivity contribution is 5.48. The fraction of sp³-hybridized carbons (Fsp3) is 0.300. The van der Waals surface area contributed by atoms with Gasteiger partial charge in [0.05, 0.1) is 0 Å². The topological polar surface area (TPSA) is 51.8 Å². The van der Waals surface area contributed by atoms with Crippen molar-refractivity contribution in [2.75, 3.05) is 0 Å². The van der Waals surface area contributed by atoms with E-state index in [2.05, 4.69) is 15.1 Å². The molecule has 0 unspecified atom stereocenters. The van der Waals surface area contributed by atoms with E-state index in [1.807, 2.05) is 6.07 Å². The van der Waals surface area contributed by atoms with Gasteiger partial charge in [-0.15, -0.1) is 0 Å². The molecule has 1 fully saturated rings. The fourth-order valence-electron chi connectivity index (χ4n) is 1.39. The zero-order valence-corrected chi connectivity index (χ0v) is 7.55. The van der Waals surface area contributed by atoms with Gasteiger partial charge in [0, 0.05) is 24.4 Å². The predicted molar refractivity (Wildman–Crippen MR) is 49.5 cm³/mol. The Morgan fingerprint density at radius 3 is 2.71 bits per heavy atom. The molecule has 2 aromatic heterocycles. The van der Waals surface area contributed by atoms with Gasteiger partial charge >= 0.3 is 0 Å². The minimum absolute atomic E-state index is 0.583. The van der Waals surface area contributed by atoms with E-state index < -0.39 is 0 Å². The van der Waals surface area contributed by atoms with Crippen LogP contribution in [0.15, 0.2) is 29.0 Å². The van der Waals surface area contributed by atoms with Crippen LogP contribution in [0.5, 0.6) is 0 Å². The van der Waals surface area contributed by atoms with Crippen molar-refractivity contribution >= 4 is 0 Å². The molecule has 0 aliphatic heterocycles. The Morgan fingerprint density at radius 1 is 1.21 bits per heavy atom. The lowest BCUT2D eigenvalue weighted by Gasteiger charge is -1.89. The Labute approximate surface area is 81.0 Å². The van der Waals surface area contributed by atoms with Crippen molar-refractivity contribution in [1.82, 2.24) is 15.1 Å². The molecule has 4 heteroatoms. The van der Waals surface area contributed by atoms with Crippen LogP contribution in [0.2, 0.25) is 0 Å². The molecule has 0 aromatic carbocycles. The average molecular weight is 187 g/mol. The average Bonchev–Trinajstić information content (AvgIpc) is 2.98. The van der Waals surface area contributed by atoms with Crippen molar-refractivity contribution in [3.05, 3.63) is 30.3 Å². The molecule has 0 N–H and O–H groups in total. The van der Waals surface area contributed by atoms with E-state index in [1.165, 1.54) is 12.8 Å². The van der Waals surface area contributed by atoms with E-state index in [0.29, 0.717) is 11.7 Å². The molecule has 4 nitrogen and oxygen atoms in total. The second-order valence-electron chi connectivity index (χ2n) is 3.46. The maximum Gasteiger partial charge on any atom is 0.181 e. The lowest BCUT2D eigenvalue weighted by atomic mass is 10.3. The molecule has 0 spiro atoms. The molecular formula is C10H9N3O. The molecule has 0 amide bonds. The van der Waals surface area contributed by atoms with Gasteiger partial charge in [0.1, 0.15) is 5.76 Å². The first-order chi connectivity index (χ1) is 6.93. The van der Waals surface area contributed by atoms with Gasteiger partial charge in [-0.05, 0) is 18.9 Å². The summed E-state index contributed by atoms with van der Waals surface area (Å²) in [6.45, 7) is 0. The third-order valence-corrected chi connectivity index (χ3v) is 2.30. The Balaban J connectivity index is 1.96. The van der Waals surface area contributed by atoms with Gasteiger partial charge in [0.15, 0.2) is 11.5 Å². The predicted octanol–water partition coefficient (Wildman–Crippen LogP) is 2.01. The van der Waals surface area contributed by atoms with Crippen LogP contribution in [0, 0.1) is 0 Å². The van der Waals surface area contributed by atoms with Crippen LogP contribution in [-0.2, 0) is 0 Å². The molecule has 0 saturated heterocycles. The SMILES string of the molecule is c1cnc(-c2cc(C3CC3)on2)nc1. The van der Waals surface area contributed by atoms with Crippen LogP contribution in [-0.4, -0.2) is 15.1 Å². The summed E-state index contributed by atoms with van der Waals surface area (Å²) in [7, 11) is 0. The van der Waals surface area contributed by atoms with Crippen molar-refractivity contribution < 1.29 is 4.52 Å². The number of hydrogen-bond donors (Lipinski definition) is 0. The Kier molecular flexibility index (Phi) is 1.59. The highest BCUT2D eigenvalue weighted by atomic mass is 16.5. The van der Waals surface area contributed by atoms with Gasteiger partial charge in [0.2, 0.25) is 0 Å². The molecule has 1 aliphatic rings. The maximum absolute atomic E-state index is 5.21. The van der Waals surface area contributed by atoms with Crippen molar-refractivity contribution in [1.29, 1.82) is 0 Å². The number of rotatable bonds is 2. The van der Waals surface area contributed by atoms with Crippen LogP contribution in [0.1, 0.15) is 24.5 Å². The first-order valence-corrected chi connectivity index (χ1v) is 4.67. The Morgan fingerprint density at radius 2 is 2.00 bits per heavy atom. The van der Waals surface area contributed by atoms with Gasteiger partial charge in [-0.1, -0.05) is 5.16 Å². The van der Waals surface area contributed by atoms with Crippen molar-refractivity contribution in [3.8, 4) is 11.5 Å². The lowest BCUT2D eigenvalue weighted by Crippen LogP contribution is -1.85. The van der Waals surface area contributed by atoms with Crippen LogP contribution in [0.25, 0.3) is 11.5 Å². The lowest BCUT2D eigenvalue weighted by molar-refractivity contribution is 0.386. The number of aromatic nitrogens is 3. The third-order valence-electron chi connectivity index (χ3n) is 2.30. The highest BCUT2D eigenvalue weighted by Gasteiger charge is 2.28. The first-order valence-electron chi connectivity index (χ1n) is 4.67. The molecule has 2 heterocycles. The minimum Gasteiger partial charge on any atom is -0.360 e. The van der Waals surface area contributed by atoms with E-state index in [1.54, 1.807) is 18.5 Å². The molecule has 1 saturated carbocycles. The fourth-order valence-corrected chi connectivity index (χ4v) is 1.39. The summed E-state index contributed by atoms with van der Waals surface area (Å²) in [5.74, 6) is 2.18. The summed E-state index contributed by atoms with van der Waals surface area (Å²) in [5.41, 5.74) is 0.729. The first kappa shape index (κ1) is 7.67. The smallest absolute Gasteiger partial charge is 0.181 e. The molecule has 70 valence electrons. The number of nitrogens with zero attached hydrogens (tertiary/aromatic N) is 3. The van der Waals surface area contributed by atoms with E-state index in [9.17, 15) is 0 Å². The van der Waals surface area contributed by atoms with Gasteiger partial charge in [0.25, 0.3) is 0 Å². The molecule has 0 bridgehead atoms. The second-order valence-corrected chi connectivity index (χ2v) is 3.46. The summed E-state index contributed by atoms with van der Waals surface area (Å²) in [5, 5.41) is 3.95. The summed E-state index contributed by atoms with van der Waals surface area (Å²) >= 11 is 0. The van der Waals surface area contributed by atoms with E-state index >= 15 is 0 Å². The van der Waals surface area contributed by atoms with Crippen LogP contribution >= 0.6 is 0 Å². The van der Waals surface area contributed by atoms with E-state index in [0.717, 1.165) is 11.5 Å². The van der Waals surface area contributed by atoms with Crippen LogP contribution in [0.3, 0.4) is 0 Å². The molecule has 14 heavy (non-hydrogen) atoms. The second kappa shape index (κ2) is 2.90. The van der Waals surface area contributed by atoms with Crippen LogP contribution in [0.4, 0.5) is 0 Å². The molecular weight excluding hydrogens is 178 g/mol. The molecule has 3 rings (SSSR count). The highest BCUT2D eigenvalue weighted by Crippen LogP contribution is 2.40. The molecule has 0 atom stereocenters. The zero-order chi connectivity index (χ0) is 9.38. The van der Waals surface area contributed by atoms with Gasteiger partial charge in [-0.2, -0.15) is 0 Å². The normalized spacial score (nSPS) is 15.7. The number of hydrogen-bond acceptors (Lipinski definition) is 4. The standard InChI is InChI=1S/C10H9N3O/c1-4-11-10(12-5-1)8-6-9(14-13-8)7-2-3-7/h1,4-7H,2-3H2. The van der Waals surface area contributed by atoms with Crippen molar-refractivity contribution in [2.45, 2.75) is 18.8 Å². The quantitative estimate of drug-likeness (QED) is 0.721. The van der Waals surface area contributed by atoms with Gasteiger partial charge in [-0.25, -0.2) is 9.97 Å². The monoisotopic (exact) mass is 187 g/mol. The van der Waals surface area contributed by atoms with Crippen molar-refractivity contribution in [2.24, 2.45) is 0 Å². The van der Waals surface area contributed by atoms with Crippen molar-refractivity contribution in [3.63, 3.8) is 0 Å². The molecule has 1 aliphatic carbocycles. The Bertz CT molecular complexity index is 434. The molecule has 2 aromatic rings. The summed E-state index contributed by atoms with van der Waals surface area (Å²) < 4.78 is 5.21. The largest absolute Gasteiger partial charge is 0.360 e. The zero-order valence-electron chi connectivity index (χ0n) is 7.55. The van der Waals surface area contributed by atoms with Crippen LogP contribution < -0.4 is 0 Å². The summed E-state index contributed by atoms with van der Waals surface area (Å²) in [6.07, 6.45) is 5.83. The van der Waals surface area contributed by atoms with E-state index in [4.69, 9.17) is 4.52 Å². The summed E-state index contributed by atoms with van der Waals surface area (Å²) in [6, 6.07) is 3.72. The minimum atomic E-state index is 0.583. The van der Waals surface area contributed by atoms with E-state index in [-0.39, 0.29) is 0 Å². The summed E-state index contributed by atoms with van der Waals surface area (Å²) in [4.78, 5) is 8.22. The van der Waals surface area contributed by atoms with Gasteiger partial charge < -0.3 is 4.52 Å². The third kappa shape index (κ3) is 1.28.